The first-order valence-electron chi connectivity index (χ1n) is 10.5. The molecule has 0 amide bonds. The number of nitrogens with one attached hydrogen (secondary N) is 2. The molecule has 1 heterocycles. The summed E-state index contributed by atoms with van der Waals surface area (Å²) < 4.78 is 7.31. The Bertz CT molecular complexity index is 803. The number of guanidine groups is 1. The number of halogens is 1. The molecule has 0 bridgehead atoms. The minimum atomic E-state index is 0. The number of methoxy groups -OCH3 is 1. The second-order valence-corrected chi connectivity index (χ2v) is 8.11. The van der Waals surface area contributed by atoms with E-state index in [2.05, 4.69) is 52.0 Å². The number of hydrogen-bond acceptors (Lipinski definition) is 4. The summed E-state index contributed by atoms with van der Waals surface area (Å²) in [5.41, 5.74) is 1.55. The van der Waals surface area contributed by atoms with Gasteiger partial charge in [0.1, 0.15) is 12.4 Å². The van der Waals surface area contributed by atoms with Crippen LogP contribution >= 0.6 is 24.0 Å². The maximum absolute atomic E-state index is 5.33. The number of hydrogen-bond donors (Lipinski definition) is 2. The van der Waals surface area contributed by atoms with E-state index < -0.39 is 0 Å². The monoisotopic (exact) mass is 526 g/mol. The van der Waals surface area contributed by atoms with Crippen molar-refractivity contribution >= 4 is 29.9 Å². The fourth-order valence-electron chi connectivity index (χ4n) is 3.70. The van der Waals surface area contributed by atoms with E-state index in [0.717, 1.165) is 37.2 Å². The maximum atomic E-state index is 5.33. The van der Waals surface area contributed by atoms with Gasteiger partial charge in [0, 0.05) is 27.3 Å². The Morgan fingerprint density at radius 1 is 1.27 bits per heavy atom. The van der Waals surface area contributed by atoms with Gasteiger partial charge in [0.2, 0.25) is 0 Å². The second-order valence-electron chi connectivity index (χ2n) is 8.11. The van der Waals surface area contributed by atoms with Gasteiger partial charge in [-0.3, -0.25) is 0 Å². The highest BCUT2D eigenvalue weighted by Gasteiger charge is 2.36. The van der Waals surface area contributed by atoms with Crippen molar-refractivity contribution < 1.29 is 4.74 Å². The molecule has 1 fully saturated rings. The minimum absolute atomic E-state index is 0. The summed E-state index contributed by atoms with van der Waals surface area (Å²) in [7, 11) is 3.75. The number of aromatic nitrogens is 3. The Labute approximate surface area is 197 Å². The average molecular weight is 526 g/mol. The maximum Gasteiger partial charge on any atom is 0.192 e. The predicted octanol–water partition coefficient (Wildman–Crippen LogP) is 3.74. The number of rotatable bonds is 9. The summed E-state index contributed by atoms with van der Waals surface area (Å²) in [6.07, 6.45) is 4.87. The Balaban J connectivity index is 0.00000320. The first-order chi connectivity index (χ1) is 14.0. The van der Waals surface area contributed by atoms with Crippen LogP contribution in [0.1, 0.15) is 55.9 Å². The molecule has 166 valence electrons. The summed E-state index contributed by atoms with van der Waals surface area (Å²) >= 11 is 0. The fraction of sp³-hybridized carbons (Fsp3) is 0.591. The molecule has 8 heteroatoms. The van der Waals surface area contributed by atoms with Gasteiger partial charge in [-0.05, 0) is 44.1 Å². The number of nitrogens with zero attached hydrogens (tertiary/aromatic N) is 4. The summed E-state index contributed by atoms with van der Waals surface area (Å²) in [5, 5.41) is 15.5. The first kappa shape index (κ1) is 24.6. The molecule has 0 radical (unpaired) electrons. The highest BCUT2D eigenvalue weighted by Crippen LogP contribution is 2.43. The zero-order valence-corrected chi connectivity index (χ0v) is 20.8. The first-order valence-corrected chi connectivity index (χ1v) is 10.5. The topological polar surface area (TPSA) is 76.4 Å². The van der Waals surface area contributed by atoms with Crippen molar-refractivity contribution in [2.75, 3.05) is 20.3 Å². The van der Waals surface area contributed by atoms with Crippen LogP contribution in [0.4, 0.5) is 0 Å². The Morgan fingerprint density at radius 2 is 2.00 bits per heavy atom. The van der Waals surface area contributed by atoms with Crippen molar-refractivity contribution in [1.82, 2.24) is 25.4 Å². The van der Waals surface area contributed by atoms with Gasteiger partial charge in [0.05, 0.1) is 6.04 Å². The number of aryl methyl sites for hydroxylation is 1. The van der Waals surface area contributed by atoms with Gasteiger partial charge in [-0.25, -0.2) is 4.99 Å². The third-order valence-corrected chi connectivity index (χ3v) is 6.10. The zero-order valence-electron chi connectivity index (χ0n) is 18.5. The molecular weight excluding hydrogens is 491 g/mol. The van der Waals surface area contributed by atoms with Crippen molar-refractivity contribution in [1.29, 1.82) is 0 Å². The second kappa shape index (κ2) is 11.6. The van der Waals surface area contributed by atoms with Gasteiger partial charge in [-0.15, -0.1) is 34.2 Å². The van der Waals surface area contributed by atoms with Crippen molar-refractivity contribution in [3.05, 3.63) is 47.5 Å². The molecule has 7 nitrogen and oxygen atoms in total. The summed E-state index contributed by atoms with van der Waals surface area (Å²) in [6.45, 7) is 6.30. The third-order valence-electron chi connectivity index (χ3n) is 6.10. The van der Waals surface area contributed by atoms with E-state index in [0.29, 0.717) is 12.0 Å². The molecular formula is C22H35IN6O. The Morgan fingerprint density at radius 3 is 2.57 bits per heavy atom. The lowest BCUT2D eigenvalue weighted by atomic mass is 9.67. The van der Waals surface area contributed by atoms with Crippen molar-refractivity contribution in [3.8, 4) is 0 Å². The standard InChI is InChI=1S/C22H34N6O.HI/c1-17(19-9-6-5-7-10-19)25-21(23-15-20-27-26-18(2)28(20)3)24-16-22(11-8-12-22)13-14-29-4;/h5-7,9-10,17H,8,11-16H2,1-4H3,(H2,23,24,25);1H. The molecule has 1 aromatic heterocycles. The molecule has 1 aliphatic carbocycles. The quantitative estimate of drug-likeness (QED) is 0.296. The van der Waals surface area contributed by atoms with Crippen molar-refractivity contribution in [3.63, 3.8) is 0 Å². The molecule has 1 saturated carbocycles. The van der Waals surface area contributed by atoms with Gasteiger partial charge in [0.15, 0.2) is 11.8 Å². The van der Waals surface area contributed by atoms with Gasteiger partial charge in [0.25, 0.3) is 0 Å². The van der Waals surface area contributed by atoms with Crippen LogP contribution in [0.25, 0.3) is 0 Å². The summed E-state index contributed by atoms with van der Waals surface area (Å²) in [6, 6.07) is 10.6. The predicted molar refractivity (Wildman–Crippen MR) is 131 cm³/mol. The van der Waals surface area contributed by atoms with E-state index in [1.54, 1.807) is 7.11 Å². The van der Waals surface area contributed by atoms with E-state index in [1.807, 2.05) is 24.6 Å². The zero-order chi connectivity index (χ0) is 20.7. The van der Waals surface area contributed by atoms with Crippen LogP contribution in [-0.2, 0) is 18.3 Å². The largest absolute Gasteiger partial charge is 0.385 e. The van der Waals surface area contributed by atoms with E-state index in [4.69, 9.17) is 9.73 Å². The Kier molecular flexibility index (Phi) is 9.54. The lowest BCUT2D eigenvalue weighted by Gasteiger charge is -2.42. The van der Waals surface area contributed by atoms with Crippen LogP contribution in [-0.4, -0.2) is 41.0 Å². The van der Waals surface area contributed by atoms with Gasteiger partial charge < -0.3 is 19.9 Å². The normalized spacial score (nSPS) is 16.3. The van der Waals surface area contributed by atoms with Crippen LogP contribution in [0.2, 0.25) is 0 Å². The van der Waals surface area contributed by atoms with Gasteiger partial charge in [-0.1, -0.05) is 36.8 Å². The molecule has 0 saturated heterocycles. The van der Waals surface area contributed by atoms with E-state index >= 15 is 0 Å². The molecule has 0 aliphatic heterocycles. The summed E-state index contributed by atoms with van der Waals surface area (Å²) in [5.74, 6) is 2.56. The van der Waals surface area contributed by atoms with Crippen molar-refractivity contribution in [2.45, 2.75) is 52.1 Å². The SMILES string of the molecule is COCCC1(CNC(=NCc2nnc(C)n2C)NC(C)c2ccccc2)CCC1.I. The van der Waals surface area contributed by atoms with Crippen LogP contribution in [0.5, 0.6) is 0 Å². The third kappa shape index (κ3) is 6.41. The van der Waals surface area contributed by atoms with E-state index in [-0.39, 0.29) is 30.0 Å². The lowest BCUT2D eigenvalue weighted by Crippen LogP contribution is -2.47. The van der Waals surface area contributed by atoms with Crippen molar-refractivity contribution in [2.24, 2.45) is 17.5 Å². The van der Waals surface area contributed by atoms with Crippen LogP contribution < -0.4 is 10.6 Å². The minimum Gasteiger partial charge on any atom is -0.385 e. The van der Waals surface area contributed by atoms with Crippen LogP contribution in [0.3, 0.4) is 0 Å². The number of ether oxygens (including phenoxy) is 1. The molecule has 1 unspecified atom stereocenters. The smallest absolute Gasteiger partial charge is 0.192 e. The van der Waals surface area contributed by atoms with E-state index in [1.165, 1.54) is 24.8 Å². The lowest BCUT2D eigenvalue weighted by molar-refractivity contribution is 0.0732. The molecule has 2 N–H and O–H groups in total. The molecule has 3 rings (SSSR count). The van der Waals surface area contributed by atoms with Crippen LogP contribution in [0.15, 0.2) is 35.3 Å². The fourth-order valence-corrected chi connectivity index (χ4v) is 3.70. The molecule has 1 aromatic carbocycles. The molecule has 30 heavy (non-hydrogen) atoms. The average Bonchev–Trinajstić information content (AvgIpc) is 3.03. The highest BCUT2D eigenvalue weighted by molar-refractivity contribution is 14.0. The Hall–Kier alpha value is -1.68. The molecule has 2 aromatic rings. The molecule has 1 aliphatic rings. The van der Waals surface area contributed by atoms with Gasteiger partial charge in [-0.2, -0.15) is 0 Å². The molecule has 0 spiro atoms. The van der Waals surface area contributed by atoms with E-state index in [9.17, 15) is 0 Å². The number of benzene rings is 1. The number of aliphatic imine (C=N–C) groups is 1. The summed E-state index contributed by atoms with van der Waals surface area (Å²) in [4.78, 5) is 4.82. The van der Waals surface area contributed by atoms with Crippen LogP contribution in [0, 0.1) is 12.3 Å². The highest BCUT2D eigenvalue weighted by atomic mass is 127. The molecule has 1 atom stereocenters. The van der Waals surface area contributed by atoms with Gasteiger partial charge >= 0.3 is 0 Å².